The van der Waals surface area contributed by atoms with Crippen LogP contribution >= 0.6 is 0 Å². The van der Waals surface area contributed by atoms with Crippen molar-refractivity contribution in [3.05, 3.63) is 143 Å². The van der Waals surface area contributed by atoms with Crippen LogP contribution in [-0.2, 0) is 0 Å². The van der Waals surface area contributed by atoms with Gasteiger partial charge in [0.05, 0.1) is 5.92 Å². The average molecular weight is 487 g/mol. The molecule has 0 heterocycles. The van der Waals surface area contributed by atoms with Crippen LogP contribution in [0, 0.1) is 5.92 Å². The second-order valence-corrected chi connectivity index (χ2v) is 9.46. The van der Waals surface area contributed by atoms with Gasteiger partial charge in [0.25, 0.3) is 0 Å². The maximum absolute atomic E-state index is 14.0. The summed E-state index contributed by atoms with van der Waals surface area (Å²) in [4.78, 5) is 53.1. The fourth-order valence-corrected chi connectivity index (χ4v) is 5.41. The highest BCUT2D eigenvalue weighted by atomic mass is 16.1. The lowest BCUT2D eigenvalue weighted by molar-refractivity contribution is 0.0799. The Kier molecular flexibility index (Phi) is 6.74. The molecule has 4 heteroatoms. The van der Waals surface area contributed by atoms with E-state index in [2.05, 4.69) is 0 Å². The molecule has 0 spiro atoms. The van der Waals surface area contributed by atoms with Crippen LogP contribution < -0.4 is 0 Å². The van der Waals surface area contributed by atoms with Crippen LogP contribution in [0.5, 0.6) is 0 Å². The fraction of sp³-hybridized carbons (Fsp3) is 0.152. The molecule has 0 N–H and O–H groups in total. The summed E-state index contributed by atoms with van der Waals surface area (Å²) in [6, 6.07) is 32.1. The molecule has 0 fully saturated rings. The first kappa shape index (κ1) is 24.3. The Bertz CT molecular complexity index is 1470. The number of carbonyl (C=O) groups is 4. The summed E-state index contributed by atoms with van der Waals surface area (Å²) in [7, 11) is 0. The third-order valence-electron chi connectivity index (χ3n) is 7.24. The molecule has 37 heavy (non-hydrogen) atoms. The van der Waals surface area contributed by atoms with Crippen LogP contribution in [-0.4, -0.2) is 23.1 Å². The number of benzene rings is 4. The Morgan fingerprint density at radius 3 is 1.62 bits per heavy atom. The maximum atomic E-state index is 14.0. The van der Waals surface area contributed by atoms with Crippen molar-refractivity contribution < 1.29 is 19.2 Å². The first-order valence-electron chi connectivity index (χ1n) is 12.4. The van der Waals surface area contributed by atoms with Gasteiger partial charge in [0.15, 0.2) is 23.1 Å². The van der Waals surface area contributed by atoms with Gasteiger partial charge < -0.3 is 0 Å². The van der Waals surface area contributed by atoms with Crippen LogP contribution in [0.15, 0.2) is 109 Å². The van der Waals surface area contributed by atoms with E-state index in [9.17, 15) is 19.2 Å². The van der Waals surface area contributed by atoms with Crippen LogP contribution in [0.25, 0.3) is 0 Å². The summed E-state index contributed by atoms with van der Waals surface area (Å²) in [6.07, 6.45) is 0.122. The molecule has 5 rings (SSSR count). The van der Waals surface area contributed by atoms with Gasteiger partial charge in [-0.2, -0.15) is 0 Å². The normalized spacial score (nSPS) is 18.1. The van der Waals surface area contributed by atoms with E-state index >= 15 is 0 Å². The fourth-order valence-electron chi connectivity index (χ4n) is 5.41. The molecule has 0 radical (unpaired) electrons. The first-order chi connectivity index (χ1) is 18.0. The van der Waals surface area contributed by atoms with Crippen molar-refractivity contribution in [1.29, 1.82) is 0 Å². The summed E-state index contributed by atoms with van der Waals surface area (Å²) < 4.78 is 0. The smallest absolute Gasteiger partial charge is 0.171 e. The topological polar surface area (TPSA) is 68.3 Å². The van der Waals surface area contributed by atoms with Gasteiger partial charge in [-0.15, -0.1) is 0 Å². The monoisotopic (exact) mass is 486 g/mol. The molecule has 182 valence electrons. The van der Waals surface area contributed by atoms with Crippen LogP contribution in [0.1, 0.15) is 77.7 Å². The van der Waals surface area contributed by atoms with Gasteiger partial charge in [-0.25, -0.2) is 0 Å². The molecule has 0 bridgehead atoms. The van der Waals surface area contributed by atoms with E-state index in [1.165, 1.54) is 6.92 Å². The molecule has 0 aromatic heterocycles. The van der Waals surface area contributed by atoms with E-state index in [1.54, 1.807) is 60.7 Å². The van der Waals surface area contributed by atoms with E-state index in [0.29, 0.717) is 22.3 Å². The minimum Gasteiger partial charge on any atom is -0.295 e. The van der Waals surface area contributed by atoms with Gasteiger partial charge in [0.2, 0.25) is 0 Å². The lowest BCUT2D eigenvalue weighted by Gasteiger charge is -2.24. The Morgan fingerprint density at radius 1 is 0.541 bits per heavy atom. The number of ketones is 4. The van der Waals surface area contributed by atoms with Crippen molar-refractivity contribution in [3.8, 4) is 0 Å². The highest BCUT2D eigenvalue weighted by molar-refractivity contribution is 6.10. The van der Waals surface area contributed by atoms with Gasteiger partial charge in [-0.05, 0) is 18.1 Å². The summed E-state index contributed by atoms with van der Waals surface area (Å²) in [5.41, 5.74) is 3.70. The van der Waals surface area contributed by atoms with E-state index in [4.69, 9.17) is 0 Å². The summed E-state index contributed by atoms with van der Waals surface area (Å²) in [5, 5.41) is 0. The highest BCUT2D eigenvalue weighted by Crippen LogP contribution is 2.51. The molecule has 0 saturated heterocycles. The van der Waals surface area contributed by atoms with Gasteiger partial charge in [-0.1, -0.05) is 109 Å². The Morgan fingerprint density at radius 2 is 1.03 bits per heavy atom. The Hall–Kier alpha value is -4.44. The predicted octanol–water partition coefficient (Wildman–Crippen LogP) is 6.73. The minimum atomic E-state index is -0.736. The quantitative estimate of drug-likeness (QED) is 0.259. The van der Waals surface area contributed by atoms with Crippen molar-refractivity contribution >= 4 is 23.1 Å². The standard InChI is InChI=1S/C33H26O4/c1-21(34)22-16-18-25(19-17-22)33(37)30-27-15-9-8-14-26(27)28(20-29(35)23-10-4-2-5-11-23)31(30)32(36)24-12-6-3-7-13-24/h2-19,28,30-31H,20H2,1H3/t28-,30-,31-/m1/s1. The largest absolute Gasteiger partial charge is 0.295 e. The minimum absolute atomic E-state index is 0.0647. The van der Waals surface area contributed by atoms with Gasteiger partial charge >= 0.3 is 0 Å². The third-order valence-corrected chi connectivity index (χ3v) is 7.24. The maximum Gasteiger partial charge on any atom is 0.171 e. The number of rotatable bonds is 8. The second kappa shape index (κ2) is 10.3. The lowest BCUT2D eigenvalue weighted by atomic mass is 9.76. The zero-order valence-electron chi connectivity index (χ0n) is 20.5. The third kappa shape index (κ3) is 4.70. The second-order valence-electron chi connectivity index (χ2n) is 9.46. The summed E-state index contributed by atoms with van der Waals surface area (Å²) in [5.74, 6) is -2.39. The molecule has 3 atom stereocenters. The van der Waals surface area contributed by atoms with E-state index in [-0.39, 0.29) is 29.6 Å². The number of Topliss-reactive ketones (excluding diaryl/α,β-unsaturated/α-hetero) is 4. The molecule has 4 aromatic rings. The molecule has 1 aliphatic rings. The summed E-state index contributed by atoms with van der Waals surface area (Å²) >= 11 is 0. The number of fused-ring (bicyclic) bond motifs is 1. The van der Waals surface area contributed by atoms with Gasteiger partial charge in [0, 0.05) is 40.5 Å². The lowest BCUT2D eigenvalue weighted by Crippen LogP contribution is -2.29. The highest BCUT2D eigenvalue weighted by Gasteiger charge is 2.48. The van der Waals surface area contributed by atoms with E-state index in [0.717, 1.165) is 11.1 Å². The molecule has 0 aliphatic heterocycles. The van der Waals surface area contributed by atoms with E-state index < -0.39 is 17.8 Å². The van der Waals surface area contributed by atoms with Crippen LogP contribution in [0.2, 0.25) is 0 Å². The molecule has 1 aliphatic carbocycles. The van der Waals surface area contributed by atoms with Crippen molar-refractivity contribution in [2.24, 2.45) is 5.92 Å². The first-order valence-corrected chi connectivity index (χ1v) is 12.4. The van der Waals surface area contributed by atoms with Crippen molar-refractivity contribution in [2.75, 3.05) is 0 Å². The number of hydrogen-bond donors (Lipinski definition) is 0. The molecule has 0 amide bonds. The SMILES string of the molecule is CC(=O)c1ccc(C(=O)[C@@H]2c3ccccc3[C@@H](CC(=O)c3ccccc3)[C@H]2C(=O)c2ccccc2)cc1. The molecule has 4 nitrogen and oxygen atoms in total. The van der Waals surface area contributed by atoms with Crippen LogP contribution in [0.4, 0.5) is 0 Å². The Labute approximate surface area is 216 Å². The predicted molar refractivity (Wildman–Crippen MR) is 142 cm³/mol. The van der Waals surface area contributed by atoms with Gasteiger partial charge in [0.1, 0.15) is 0 Å². The molecular weight excluding hydrogens is 460 g/mol. The van der Waals surface area contributed by atoms with Gasteiger partial charge in [-0.3, -0.25) is 19.2 Å². The molecular formula is C33H26O4. The zero-order chi connectivity index (χ0) is 25.9. The number of carbonyl (C=O) groups excluding carboxylic acids is 4. The van der Waals surface area contributed by atoms with Crippen molar-refractivity contribution in [3.63, 3.8) is 0 Å². The molecule has 0 saturated carbocycles. The van der Waals surface area contributed by atoms with Crippen molar-refractivity contribution in [1.82, 2.24) is 0 Å². The zero-order valence-corrected chi connectivity index (χ0v) is 20.5. The Balaban J connectivity index is 1.60. The van der Waals surface area contributed by atoms with Crippen LogP contribution in [0.3, 0.4) is 0 Å². The van der Waals surface area contributed by atoms with E-state index in [1.807, 2.05) is 48.5 Å². The molecule has 0 unspecified atom stereocenters. The number of hydrogen-bond acceptors (Lipinski definition) is 4. The molecule has 4 aromatic carbocycles. The van der Waals surface area contributed by atoms with Crippen molar-refractivity contribution in [2.45, 2.75) is 25.2 Å². The summed E-state index contributed by atoms with van der Waals surface area (Å²) in [6.45, 7) is 1.48. The average Bonchev–Trinajstić information content (AvgIpc) is 3.27.